The van der Waals surface area contributed by atoms with E-state index in [2.05, 4.69) is 10.3 Å². The number of anilines is 1. The molecule has 0 saturated carbocycles. The molecular formula is C22H20ClN3O6. The van der Waals surface area contributed by atoms with Crippen LogP contribution in [0.1, 0.15) is 5.56 Å². The number of para-hydroxylation sites is 2. The highest BCUT2D eigenvalue weighted by Gasteiger charge is 2.43. The first kappa shape index (κ1) is 21.8. The van der Waals surface area contributed by atoms with Gasteiger partial charge >= 0.3 is 5.97 Å². The maximum atomic E-state index is 12.8. The van der Waals surface area contributed by atoms with Gasteiger partial charge in [0.2, 0.25) is 0 Å². The number of carbonyl (C=O) groups is 3. The van der Waals surface area contributed by atoms with Crippen LogP contribution in [0.4, 0.5) is 5.69 Å². The number of halogens is 1. The van der Waals surface area contributed by atoms with Gasteiger partial charge in [-0.25, -0.2) is 9.21 Å². The zero-order valence-electron chi connectivity index (χ0n) is 16.7. The molecule has 0 spiro atoms. The number of amides is 2. The van der Waals surface area contributed by atoms with Crippen molar-refractivity contribution >= 4 is 46.2 Å². The fourth-order valence-electron chi connectivity index (χ4n) is 3.55. The van der Waals surface area contributed by atoms with E-state index in [0.29, 0.717) is 5.69 Å². The predicted molar refractivity (Wildman–Crippen MR) is 116 cm³/mol. The SMILES string of the molecule is O=C(O)C(Cc1c[nH]c2ccccc12)NC(=O)[C@@H]1OCO[C@H]1C(=O)N(Cl)c1ccccc1. The minimum atomic E-state index is -1.34. The highest BCUT2D eigenvalue weighted by molar-refractivity contribution is 6.37. The molecule has 3 N–H and O–H groups in total. The van der Waals surface area contributed by atoms with Crippen molar-refractivity contribution in [3.05, 3.63) is 66.4 Å². The summed E-state index contributed by atoms with van der Waals surface area (Å²) in [5.41, 5.74) is 2.00. The molecule has 32 heavy (non-hydrogen) atoms. The second-order valence-corrected chi connectivity index (χ2v) is 7.55. The van der Waals surface area contributed by atoms with Crippen LogP contribution in [0.25, 0.3) is 10.9 Å². The summed E-state index contributed by atoms with van der Waals surface area (Å²) in [5, 5.41) is 13.0. The van der Waals surface area contributed by atoms with Crippen LogP contribution < -0.4 is 9.74 Å². The minimum absolute atomic E-state index is 0.0446. The highest BCUT2D eigenvalue weighted by atomic mass is 35.5. The van der Waals surface area contributed by atoms with E-state index in [1.807, 2.05) is 24.3 Å². The van der Waals surface area contributed by atoms with Crippen LogP contribution >= 0.6 is 11.8 Å². The first-order valence-corrected chi connectivity index (χ1v) is 10.2. The van der Waals surface area contributed by atoms with E-state index in [0.717, 1.165) is 20.9 Å². The van der Waals surface area contributed by atoms with Crippen LogP contribution in [-0.2, 0) is 30.3 Å². The monoisotopic (exact) mass is 457 g/mol. The lowest BCUT2D eigenvalue weighted by Gasteiger charge is -2.22. The van der Waals surface area contributed by atoms with Gasteiger partial charge in [0.15, 0.2) is 12.2 Å². The Morgan fingerprint density at radius 1 is 1.09 bits per heavy atom. The number of ether oxygens (including phenoxy) is 2. The molecule has 1 aliphatic rings. The Morgan fingerprint density at radius 3 is 2.53 bits per heavy atom. The van der Waals surface area contributed by atoms with Crippen LogP contribution in [-0.4, -0.2) is 52.9 Å². The molecule has 4 rings (SSSR count). The molecule has 0 radical (unpaired) electrons. The third kappa shape index (κ3) is 4.45. The molecule has 2 aromatic carbocycles. The Kier molecular flexibility index (Phi) is 6.40. The predicted octanol–water partition coefficient (Wildman–Crippen LogP) is 2.21. The van der Waals surface area contributed by atoms with Crippen LogP contribution in [0, 0.1) is 0 Å². The molecule has 2 heterocycles. The van der Waals surface area contributed by atoms with Gasteiger partial charge in [0.25, 0.3) is 11.8 Å². The Hall–Kier alpha value is -3.40. The molecule has 2 amide bonds. The van der Waals surface area contributed by atoms with Gasteiger partial charge in [0, 0.05) is 35.3 Å². The number of hydrogen-bond acceptors (Lipinski definition) is 5. The normalized spacial score (nSPS) is 18.9. The van der Waals surface area contributed by atoms with Gasteiger partial charge in [-0.1, -0.05) is 36.4 Å². The van der Waals surface area contributed by atoms with Crippen LogP contribution in [0.2, 0.25) is 0 Å². The number of H-pyrrole nitrogens is 1. The average molecular weight is 458 g/mol. The van der Waals surface area contributed by atoms with E-state index < -0.39 is 36.0 Å². The van der Waals surface area contributed by atoms with Crippen molar-refractivity contribution in [1.82, 2.24) is 10.3 Å². The van der Waals surface area contributed by atoms with Crippen molar-refractivity contribution in [1.29, 1.82) is 0 Å². The van der Waals surface area contributed by atoms with Gasteiger partial charge in [-0.15, -0.1) is 0 Å². The van der Waals surface area contributed by atoms with Crippen molar-refractivity contribution < 1.29 is 29.0 Å². The summed E-state index contributed by atoms with van der Waals surface area (Å²) in [5.74, 6) is -2.68. The lowest BCUT2D eigenvalue weighted by molar-refractivity contribution is -0.144. The molecule has 0 aliphatic carbocycles. The largest absolute Gasteiger partial charge is 0.480 e. The van der Waals surface area contributed by atoms with Crippen LogP contribution in [0.15, 0.2) is 60.8 Å². The van der Waals surface area contributed by atoms with E-state index in [1.54, 1.807) is 36.5 Å². The first-order valence-electron chi connectivity index (χ1n) is 9.82. The molecular weight excluding hydrogens is 438 g/mol. The number of nitrogens with one attached hydrogen (secondary N) is 2. The summed E-state index contributed by atoms with van der Waals surface area (Å²) in [6, 6.07) is 14.6. The number of aromatic nitrogens is 1. The third-order valence-electron chi connectivity index (χ3n) is 5.16. The van der Waals surface area contributed by atoms with Gasteiger partial charge in [0.05, 0.1) is 5.69 Å². The zero-order valence-corrected chi connectivity index (χ0v) is 17.5. The first-order chi connectivity index (χ1) is 15.5. The number of carboxylic acid groups (broad SMARTS) is 1. The Balaban J connectivity index is 1.47. The lowest BCUT2D eigenvalue weighted by Crippen LogP contribution is -2.52. The number of benzene rings is 2. The van der Waals surface area contributed by atoms with E-state index >= 15 is 0 Å². The van der Waals surface area contributed by atoms with Gasteiger partial charge < -0.3 is 24.9 Å². The maximum absolute atomic E-state index is 12.8. The van der Waals surface area contributed by atoms with E-state index in [-0.39, 0.29) is 13.2 Å². The number of fused-ring (bicyclic) bond motifs is 1. The van der Waals surface area contributed by atoms with E-state index in [9.17, 15) is 19.5 Å². The Morgan fingerprint density at radius 2 is 1.78 bits per heavy atom. The number of hydrogen-bond donors (Lipinski definition) is 3. The molecule has 1 unspecified atom stereocenters. The Bertz CT molecular complexity index is 1130. The summed E-state index contributed by atoms with van der Waals surface area (Å²) in [6.45, 7) is -0.297. The van der Waals surface area contributed by atoms with Crippen LogP contribution in [0.3, 0.4) is 0 Å². The molecule has 1 aromatic heterocycles. The summed E-state index contributed by atoms with van der Waals surface area (Å²) in [7, 11) is 0. The van der Waals surface area contributed by atoms with Gasteiger partial charge in [0.1, 0.15) is 12.8 Å². The summed E-state index contributed by atoms with van der Waals surface area (Å²) in [6.07, 6.45) is -0.893. The quantitative estimate of drug-likeness (QED) is 0.468. The van der Waals surface area contributed by atoms with Gasteiger partial charge in [-0.2, -0.15) is 0 Å². The fourth-order valence-corrected chi connectivity index (χ4v) is 3.76. The number of aliphatic carboxylic acids is 1. The molecule has 3 aromatic rings. The lowest BCUT2D eigenvalue weighted by atomic mass is 10.0. The second kappa shape index (κ2) is 9.39. The number of aromatic amines is 1. The smallest absolute Gasteiger partial charge is 0.326 e. The van der Waals surface area contributed by atoms with Crippen molar-refractivity contribution in [2.45, 2.75) is 24.7 Å². The summed E-state index contributed by atoms with van der Waals surface area (Å²) >= 11 is 6.13. The topological polar surface area (TPSA) is 121 Å². The molecule has 0 bridgehead atoms. The third-order valence-corrected chi connectivity index (χ3v) is 5.52. The van der Waals surface area contributed by atoms with E-state index in [1.165, 1.54) is 0 Å². The average Bonchev–Trinajstić information content (AvgIpc) is 3.46. The van der Waals surface area contributed by atoms with Crippen molar-refractivity contribution in [3.8, 4) is 0 Å². The molecule has 10 heteroatoms. The number of carboxylic acids is 1. The zero-order chi connectivity index (χ0) is 22.7. The van der Waals surface area contributed by atoms with Crippen molar-refractivity contribution in [2.75, 3.05) is 11.2 Å². The van der Waals surface area contributed by atoms with Crippen LogP contribution in [0.5, 0.6) is 0 Å². The fraction of sp³-hybridized carbons (Fsp3) is 0.227. The molecule has 1 aliphatic heterocycles. The Labute approximate surface area is 188 Å². The standard InChI is InChI=1S/C22H20ClN3O6/c23-26(14-6-2-1-3-7-14)21(28)19-18(31-12-32-19)20(27)25-17(22(29)30)10-13-11-24-16-9-5-4-8-15(13)16/h1-9,11,17-19,24H,10,12H2,(H,25,27)(H,29,30)/t17?,18-,19-/m1/s1. The van der Waals surface area contributed by atoms with Gasteiger partial charge in [-0.05, 0) is 23.8 Å². The highest BCUT2D eigenvalue weighted by Crippen LogP contribution is 2.23. The minimum Gasteiger partial charge on any atom is -0.480 e. The van der Waals surface area contributed by atoms with Crippen molar-refractivity contribution in [3.63, 3.8) is 0 Å². The van der Waals surface area contributed by atoms with E-state index in [4.69, 9.17) is 21.3 Å². The molecule has 1 fully saturated rings. The summed E-state index contributed by atoms with van der Waals surface area (Å²) in [4.78, 5) is 40.5. The second-order valence-electron chi connectivity index (χ2n) is 7.21. The number of carbonyl (C=O) groups excluding carboxylic acids is 2. The maximum Gasteiger partial charge on any atom is 0.326 e. The summed E-state index contributed by atoms with van der Waals surface area (Å²) < 4.78 is 11.4. The molecule has 166 valence electrons. The van der Waals surface area contributed by atoms with Gasteiger partial charge in [-0.3, -0.25) is 9.59 Å². The van der Waals surface area contributed by atoms with Crippen molar-refractivity contribution in [2.24, 2.45) is 0 Å². The molecule has 1 saturated heterocycles. The number of nitrogens with zero attached hydrogens (tertiary/aromatic N) is 1. The number of rotatable bonds is 7. The molecule has 9 nitrogen and oxygen atoms in total. The molecule has 3 atom stereocenters.